The van der Waals surface area contributed by atoms with Crippen molar-refractivity contribution in [3.63, 3.8) is 0 Å². The molecule has 2 heterocycles. The van der Waals surface area contributed by atoms with Gasteiger partial charge in [-0.25, -0.2) is 0 Å². The van der Waals surface area contributed by atoms with Gasteiger partial charge in [-0.1, -0.05) is 18.2 Å². The molecule has 0 atom stereocenters. The van der Waals surface area contributed by atoms with E-state index in [1.165, 1.54) is 0 Å². The van der Waals surface area contributed by atoms with Crippen LogP contribution in [-0.2, 0) is 17.8 Å². The number of aromatic amines is 1. The number of nitrogens with zero attached hydrogens (tertiary/aromatic N) is 1. The predicted molar refractivity (Wildman–Crippen MR) is 64.5 cm³/mol. The fourth-order valence-electron chi connectivity index (χ4n) is 2.28. The van der Waals surface area contributed by atoms with Crippen LogP contribution in [0.15, 0.2) is 29.1 Å². The number of para-hydroxylation sites is 1. The van der Waals surface area contributed by atoms with E-state index in [1.807, 2.05) is 35.9 Å². The summed E-state index contributed by atoms with van der Waals surface area (Å²) in [6, 6.07) is 8.03. The zero-order chi connectivity index (χ0) is 11.8. The molecule has 3 rings (SSSR count). The highest BCUT2D eigenvalue weighted by atomic mass is 16.5. The number of hydrogen-bond acceptors (Lipinski definition) is 2. The highest BCUT2D eigenvalue weighted by Crippen LogP contribution is 2.19. The van der Waals surface area contributed by atoms with Gasteiger partial charge in [0, 0.05) is 6.42 Å². The summed E-state index contributed by atoms with van der Waals surface area (Å²) < 4.78 is 7.22. The minimum absolute atomic E-state index is 0.0389. The van der Waals surface area contributed by atoms with Crippen molar-refractivity contribution in [1.29, 1.82) is 0 Å². The number of aromatic nitrogens is 2. The molecule has 0 aliphatic carbocycles. The average Bonchev–Trinajstić information content (AvgIpc) is 2.68. The molecule has 1 N–H and O–H groups in total. The van der Waals surface area contributed by atoms with Crippen LogP contribution in [0.5, 0.6) is 0 Å². The molecule has 1 aliphatic heterocycles. The van der Waals surface area contributed by atoms with Crippen LogP contribution < -0.4 is 5.56 Å². The standard InChI is InChI=1S/C13H14N2O2/c1-9-4-2-3-5-11(9)15-12-6-7-17-8-10(12)13(16)14-15/h2-5H,6-8H2,1H3,(H,14,16). The molecule has 1 aliphatic rings. The predicted octanol–water partition coefficient (Wildman–Crippen LogP) is 1.55. The Bertz CT molecular complexity index is 610. The van der Waals surface area contributed by atoms with Crippen molar-refractivity contribution in [2.45, 2.75) is 20.0 Å². The van der Waals surface area contributed by atoms with E-state index in [1.54, 1.807) is 0 Å². The first-order valence-electron chi connectivity index (χ1n) is 5.74. The van der Waals surface area contributed by atoms with Crippen LogP contribution in [0.25, 0.3) is 5.69 Å². The van der Waals surface area contributed by atoms with E-state index in [2.05, 4.69) is 5.10 Å². The monoisotopic (exact) mass is 230 g/mol. The molecule has 1 aromatic carbocycles. The van der Waals surface area contributed by atoms with Crippen molar-refractivity contribution in [3.05, 3.63) is 51.4 Å². The molecule has 0 saturated carbocycles. The maximum absolute atomic E-state index is 11.8. The minimum atomic E-state index is -0.0389. The molecule has 0 bridgehead atoms. The van der Waals surface area contributed by atoms with E-state index in [-0.39, 0.29) is 5.56 Å². The highest BCUT2D eigenvalue weighted by Gasteiger charge is 2.19. The van der Waals surface area contributed by atoms with E-state index in [9.17, 15) is 4.79 Å². The van der Waals surface area contributed by atoms with Crippen LogP contribution in [0, 0.1) is 6.92 Å². The molecule has 0 fully saturated rings. The number of aryl methyl sites for hydroxylation is 1. The minimum Gasteiger partial charge on any atom is -0.376 e. The molecule has 17 heavy (non-hydrogen) atoms. The number of hydrogen-bond donors (Lipinski definition) is 1. The lowest BCUT2D eigenvalue weighted by Crippen LogP contribution is -2.15. The second-order valence-electron chi connectivity index (χ2n) is 4.29. The van der Waals surface area contributed by atoms with Crippen molar-refractivity contribution < 1.29 is 4.74 Å². The molecule has 0 unspecified atom stereocenters. The van der Waals surface area contributed by atoms with Crippen molar-refractivity contribution >= 4 is 0 Å². The Hall–Kier alpha value is -1.81. The third-order valence-corrected chi connectivity index (χ3v) is 3.19. The number of H-pyrrole nitrogens is 1. The first-order chi connectivity index (χ1) is 8.27. The molecular formula is C13H14N2O2. The van der Waals surface area contributed by atoms with Gasteiger partial charge < -0.3 is 4.74 Å². The molecule has 0 spiro atoms. The Morgan fingerprint density at radius 3 is 3.00 bits per heavy atom. The first kappa shape index (κ1) is 10.4. The zero-order valence-corrected chi connectivity index (χ0v) is 9.69. The first-order valence-corrected chi connectivity index (χ1v) is 5.74. The Kier molecular flexibility index (Phi) is 2.37. The quantitative estimate of drug-likeness (QED) is 0.808. The zero-order valence-electron chi connectivity index (χ0n) is 9.69. The maximum atomic E-state index is 11.8. The van der Waals surface area contributed by atoms with Gasteiger partial charge in [-0.05, 0) is 18.6 Å². The number of nitrogens with one attached hydrogen (secondary N) is 1. The van der Waals surface area contributed by atoms with Gasteiger partial charge in [0.05, 0.1) is 30.2 Å². The maximum Gasteiger partial charge on any atom is 0.270 e. The number of fused-ring (bicyclic) bond motifs is 1. The summed E-state index contributed by atoms with van der Waals surface area (Å²) in [5.41, 5.74) is 3.96. The summed E-state index contributed by atoms with van der Waals surface area (Å²) in [6.07, 6.45) is 0.780. The molecule has 0 amide bonds. The van der Waals surface area contributed by atoms with Gasteiger partial charge in [0.2, 0.25) is 0 Å². The van der Waals surface area contributed by atoms with Gasteiger partial charge in [-0.15, -0.1) is 0 Å². The van der Waals surface area contributed by atoms with Gasteiger partial charge in [0.15, 0.2) is 0 Å². The van der Waals surface area contributed by atoms with Gasteiger partial charge >= 0.3 is 0 Å². The lowest BCUT2D eigenvalue weighted by molar-refractivity contribution is 0.109. The van der Waals surface area contributed by atoms with Crippen LogP contribution in [-0.4, -0.2) is 16.4 Å². The van der Waals surface area contributed by atoms with Crippen molar-refractivity contribution in [2.75, 3.05) is 6.61 Å². The second kappa shape index (κ2) is 3.89. The topological polar surface area (TPSA) is 47.0 Å². The smallest absolute Gasteiger partial charge is 0.270 e. The number of benzene rings is 1. The number of ether oxygens (including phenoxy) is 1. The summed E-state index contributed by atoms with van der Waals surface area (Å²) >= 11 is 0. The lowest BCUT2D eigenvalue weighted by Gasteiger charge is -2.15. The van der Waals surface area contributed by atoms with Crippen molar-refractivity contribution in [3.8, 4) is 5.69 Å². The fourth-order valence-corrected chi connectivity index (χ4v) is 2.28. The van der Waals surface area contributed by atoms with E-state index in [4.69, 9.17) is 4.74 Å². The van der Waals surface area contributed by atoms with E-state index < -0.39 is 0 Å². The molecular weight excluding hydrogens is 216 g/mol. The Labute approximate surface area is 98.8 Å². The fraction of sp³-hybridized carbons (Fsp3) is 0.308. The van der Waals surface area contributed by atoms with Gasteiger partial charge in [0.25, 0.3) is 5.56 Å². The van der Waals surface area contributed by atoms with Gasteiger partial charge in [-0.3, -0.25) is 14.6 Å². The molecule has 88 valence electrons. The second-order valence-corrected chi connectivity index (χ2v) is 4.29. The molecule has 4 nitrogen and oxygen atoms in total. The highest BCUT2D eigenvalue weighted by molar-refractivity contribution is 5.42. The molecule has 0 radical (unpaired) electrons. The summed E-state index contributed by atoms with van der Waals surface area (Å²) in [6.45, 7) is 3.14. The normalized spacial score (nSPS) is 14.6. The van der Waals surface area contributed by atoms with Crippen LogP contribution in [0.2, 0.25) is 0 Å². The summed E-state index contributed by atoms with van der Waals surface area (Å²) in [5.74, 6) is 0. The van der Waals surface area contributed by atoms with Gasteiger partial charge in [0.1, 0.15) is 0 Å². The third kappa shape index (κ3) is 1.61. The summed E-state index contributed by atoms with van der Waals surface area (Å²) in [7, 11) is 0. The van der Waals surface area contributed by atoms with E-state index in [0.717, 1.165) is 28.9 Å². The van der Waals surface area contributed by atoms with Crippen molar-refractivity contribution in [1.82, 2.24) is 9.78 Å². The van der Waals surface area contributed by atoms with Crippen LogP contribution in [0.4, 0.5) is 0 Å². The lowest BCUT2D eigenvalue weighted by atomic mass is 10.1. The molecule has 0 saturated heterocycles. The summed E-state index contributed by atoms with van der Waals surface area (Å²) in [5, 5.41) is 2.89. The van der Waals surface area contributed by atoms with Crippen LogP contribution in [0.1, 0.15) is 16.8 Å². The SMILES string of the molecule is Cc1ccccc1-n1[nH]c(=O)c2c1CCOC2. The van der Waals surface area contributed by atoms with Crippen LogP contribution >= 0.6 is 0 Å². The third-order valence-electron chi connectivity index (χ3n) is 3.19. The number of rotatable bonds is 1. The van der Waals surface area contributed by atoms with E-state index >= 15 is 0 Å². The largest absolute Gasteiger partial charge is 0.376 e. The average molecular weight is 230 g/mol. The Morgan fingerprint density at radius 2 is 2.18 bits per heavy atom. The van der Waals surface area contributed by atoms with Gasteiger partial charge in [-0.2, -0.15) is 0 Å². The van der Waals surface area contributed by atoms with Crippen LogP contribution in [0.3, 0.4) is 0 Å². The van der Waals surface area contributed by atoms with E-state index in [0.29, 0.717) is 13.2 Å². The van der Waals surface area contributed by atoms with Crippen molar-refractivity contribution in [2.24, 2.45) is 0 Å². The molecule has 4 heteroatoms. The molecule has 1 aromatic heterocycles. The molecule has 2 aromatic rings. The Morgan fingerprint density at radius 1 is 1.35 bits per heavy atom. The summed E-state index contributed by atoms with van der Waals surface area (Å²) in [4.78, 5) is 11.8. The Balaban J connectivity index is 2.22.